The van der Waals surface area contributed by atoms with Gasteiger partial charge in [0.2, 0.25) is 0 Å². The minimum atomic E-state index is 0.195. The molecular formula is C29H37NO. The first-order valence-electron chi connectivity index (χ1n) is 12.2. The number of ketones is 1. The van der Waals surface area contributed by atoms with Gasteiger partial charge in [0.1, 0.15) is 0 Å². The molecule has 2 aliphatic carbocycles. The lowest BCUT2D eigenvalue weighted by molar-refractivity contribution is -0.120. The molecule has 0 radical (unpaired) electrons. The predicted octanol–water partition coefficient (Wildman–Crippen LogP) is 6.81. The Morgan fingerprint density at radius 2 is 1.52 bits per heavy atom. The van der Waals surface area contributed by atoms with Crippen molar-refractivity contribution in [2.45, 2.75) is 72.0 Å². The van der Waals surface area contributed by atoms with Crippen LogP contribution >= 0.6 is 0 Å². The van der Waals surface area contributed by atoms with Crippen LogP contribution in [0.3, 0.4) is 0 Å². The molecule has 31 heavy (non-hydrogen) atoms. The van der Waals surface area contributed by atoms with Crippen LogP contribution in [0.1, 0.15) is 64.0 Å². The average Bonchev–Trinajstić information content (AvgIpc) is 3.33. The van der Waals surface area contributed by atoms with Gasteiger partial charge in [-0.15, -0.1) is 0 Å². The summed E-state index contributed by atoms with van der Waals surface area (Å²) in [6.45, 7) is 8.54. The Hall–Kier alpha value is -2.19. The van der Waals surface area contributed by atoms with Crippen molar-refractivity contribution in [1.29, 1.82) is 0 Å². The molecule has 2 heteroatoms. The molecule has 0 amide bonds. The van der Waals surface area contributed by atoms with E-state index in [1.807, 2.05) is 0 Å². The first-order valence-corrected chi connectivity index (χ1v) is 12.2. The van der Waals surface area contributed by atoms with Crippen LogP contribution in [-0.2, 0) is 17.9 Å². The van der Waals surface area contributed by atoms with E-state index in [9.17, 15) is 4.79 Å². The fraction of sp³-hybridized carbons (Fsp3) is 0.483. The summed E-state index contributed by atoms with van der Waals surface area (Å²) in [6, 6.07) is 21.7. The number of benzene rings is 2. The van der Waals surface area contributed by atoms with Crippen LogP contribution in [-0.4, -0.2) is 16.7 Å². The van der Waals surface area contributed by atoms with Crippen molar-refractivity contribution in [2.24, 2.45) is 17.8 Å². The first-order chi connectivity index (χ1) is 15.1. The van der Waals surface area contributed by atoms with E-state index >= 15 is 0 Å². The number of Topliss-reactive ketones (excluding diaryl/α,β-unsaturated/α-hetero) is 1. The number of nitrogens with zero attached hydrogens (tertiary/aromatic N) is 1. The summed E-state index contributed by atoms with van der Waals surface area (Å²) in [7, 11) is 0. The Morgan fingerprint density at radius 1 is 0.935 bits per heavy atom. The quantitative estimate of drug-likeness (QED) is 0.448. The highest BCUT2D eigenvalue weighted by atomic mass is 16.1. The van der Waals surface area contributed by atoms with Crippen LogP contribution in [0.2, 0.25) is 0 Å². The molecule has 3 atom stereocenters. The van der Waals surface area contributed by atoms with Crippen LogP contribution in [0.4, 0.5) is 0 Å². The van der Waals surface area contributed by atoms with Crippen LogP contribution in [0.5, 0.6) is 0 Å². The largest absolute Gasteiger partial charge is 0.294 e. The second-order valence-corrected chi connectivity index (χ2v) is 9.84. The minimum Gasteiger partial charge on any atom is -0.294 e. The summed E-state index contributed by atoms with van der Waals surface area (Å²) in [5, 5.41) is 0. The average molecular weight is 416 g/mol. The zero-order valence-corrected chi connectivity index (χ0v) is 19.4. The van der Waals surface area contributed by atoms with Crippen molar-refractivity contribution in [3.8, 4) is 0 Å². The summed E-state index contributed by atoms with van der Waals surface area (Å²) in [4.78, 5) is 16.3. The number of hydrogen-bond donors (Lipinski definition) is 0. The molecule has 2 aliphatic rings. The first kappa shape index (κ1) is 22.0. The molecule has 2 nitrogen and oxygen atoms in total. The standard InChI is InChI=1S/C29H37NO/c1-4-24-25-16-11-17-26(25)28(29(24)31)27(18-21(2)3)30(19-22-12-7-5-8-13-22)20-23-14-9-6-10-15-23/h5-10,12-15,21,24-25,27H,4,11,16-20H2,1-3H3/t24-,25-,27-/m0/s1. The van der Waals surface area contributed by atoms with Crippen molar-refractivity contribution < 1.29 is 4.79 Å². The van der Waals surface area contributed by atoms with Gasteiger partial charge in [-0.2, -0.15) is 0 Å². The van der Waals surface area contributed by atoms with Gasteiger partial charge in [-0.1, -0.05) is 87.0 Å². The van der Waals surface area contributed by atoms with E-state index in [1.165, 1.54) is 35.1 Å². The third-order valence-electron chi connectivity index (χ3n) is 7.21. The summed E-state index contributed by atoms with van der Waals surface area (Å²) >= 11 is 0. The lowest BCUT2D eigenvalue weighted by atomic mass is 9.88. The molecule has 0 unspecified atom stereocenters. The van der Waals surface area contributed by atoms with E-state index < -0.39 is 0 Å². The van der Waals surface area contributed by atoms with E-state index in [2.05, 4.69) is 86.3 Å². The van der Waals surface area contributed by atoms with Gasteiger partial charge in [0, 0.05) is 30.6 Å². The molecule has 2 aromatic rings. The maximum absolute atomic E-state index is 13.7. The van der Waals surface area contributed by atoms with Gasteiger partial charge in [0.15, 0.2) is 5.78 Å². The molecule has 0 bridgehead atoms. The maximum atomic E-state index is 13.7. The van der Waals surface area contributed by atoms with Crippen molar-refractivity contribution in [1.82, 2.24) is 4.90 Å². The molecule has 0 N–H and O–H groups in total. The molecule has 0 saturated heterocycles. The Morgan fingerprint density at radius 3 is 2.03 bits per heavy atom. The third-order valence-corrected chi connectivity index (χ3v) is 7.21. The number of rotatable bonds is 9. The molecule has 2 aromatic carbocycles. The molecule has 1 saturated carbocycles. The normalized spacial score (nSPS) is 21.9. The van der Waals surface area contributed by atoms with Gasteiger partial charge in [0.05, 0.1) is 0 Å². The van der Waals surface area contributed by atoms with Crippen molar-refractivity contribution in [3.05, 3.63) is 82.9 Å². The number of carbonyl (C=O) groups excluding carboxylic acids is 1. The molecule has 0 spiro atoms. The number of allylic oxidation sites excluding steroid dienone is 1. The molecular weight excluding hydrogens is 378 g/mol. The molecule has 0 heterocycles. The Kier molecular flexibility index (Phi) is 7.07. The van der Waals surface area contributed by atoms with Crippen LogP contribution in [0, 0.1) is 17.8 Å². The molecule has 0 aromatic heterocycles. The fourth-order valence-corrected chi connectivity index (χ4v) is 5.85. The van der Waals surface area contributed by atoms with Crippen molar-refractivity contribution in [2.75, 3.05) is 0 Å². The second kappa shape index (κ2) is 9.96. The minimum absolute atomic E-state index is 0.195. The summed E-state index contributed by atoms with van der Waals surface area (Å²) in [6.07, 6.45) is 5.59. The summed E-state index contributed by atoms with van der Waals surface area (Å²) in [5.74, 6) is 1.73. The second-order valence-electron chi connectivity index (χ2n) is 9.84. The van der Waals surface area contributed by atoms with Gasteiger partial charge in [-0.05, 0) is 55.1 Å². The van der Waals surface area contributed by atoms with E-state index in [0.29, 0.717) is 17.6 Å². The highest BCUT2D eigenvalue weighted by Crippen LogP contribution is 2.48. The zero-order valence-electron chi connectivity index (χ0n) is 19.4. The van der Waals surface area contributed by atoms with Crippen molar-refractivity contribution in [3.63, 3.8) is 0 Å². The number of carbonyl (C=O) groups is 1. The lowest BCUT2D eigenvalue weighted by Crippen LogP contribution is -2.39. The number of fused-ring (bicyclic) bond motifs is 1. The summed E-state index contributed by atoms with van der Waals surface area (Å²) in [5.41, 5.74) is 5.33. The molecule has 1 fully saturated rings. The van der Waals surface area contributed by atoms with Gasteiger partial charge in [-0.3, -0.25) is 9.69 Å². The van der Waals surface area contributed by atoms with Gasteiger partial charge < -0.3 is 0 Å². The van der Waals surface area contributed by atoms with Crippen molar-refractivity contribution >= 4 is 5.78 Å². The number of hydrogen-bond acceptors (Lipinski definition) is 2. The topological polar surface area (TPSA) is 20.3 Å². The lowest BCUT2D eigenvalue weighted by Gasteiger charge is -2.34. The molecule has 4 rings (SSSR count). The monoisotopic (exact) mass is 415 g/mol. The van der Waals surface area contributed by atoms with Gasteiger partial charge >= 0.3 is 0 Å². The van der Waals surface area contributed by atoms with E-state index in [-0.39, 0.29) is 12.0 Å². The fourth-order valence-electron chi connectivity index (χ4n) is 5.85. The van der Waals surface area contributed by atoms with Crippen LogP contribution in [0.25, 0.3) is 0 Å². The Labute approximate surface area is 188 Å². The van der Waals surface area contributed by atoms with E-state index in [0.717, 1.165) is 32.4 Å². The van der Waals surface area contributed by atoms with Crippen LogP contribution in [0.15, 0.2) is 71.8 Å². The highest BCUT2D eigenvalue weighted by Gasteiger charge is 2.46. The smallest absolute Gasteiger partial charge is 0.164 e. The molecule has 164 valence electrons. The van der Waals surface area contributed by atoms with Gasteiger partial charge in [0.25, 0.3) is 0 Å². The summed E-state index contributed by atoms with van der Waals surface area (Å²) < 4.78 is 0. The maximum Gasteiger partial charge on any atom is 0.164 e. The Balaban J connectivity index is 1.74. The zero-order chi connectivity index (χ0) is 21.8. The Bertz CT molecular complexity index is 857. The third kappa shape index (κ3) is 4.85. The van der Waals surface area contributed by atoms with Crippen LogP contribution < -0.4 is 0 Å². The van der Waals surface area contributed by atoms with Gasteiger partial charge in [-0.25, -0.2) is 0 Å². The predicted molar refractivity (Wildman–Crippen MR) is 129 cm³/mol. The van der Waals surface area contributed by atoms with E-state index in [1.54, 1.807) is 0 Å². The molecule has 0 aliphatic heterocycles. The highest BCUT2D eigenvalue weighted by molar-refractivity contribution is 6.02. The SMILES string of the molecule is CC[C@@H]1C(=O)C([C@H](CC(C)C)N(Cc2ccccc2)Cc2ccccc2)=C2CCC[C@H]21. The van der Waals surface area contributed by atoms with E-state index in [4.69, 9.17) is 0 Å².